The molecule has 0 heterocycles. The number of benzene rings is 7. The molecule has 0 aromatic heterocycles. The van der Waals surface area contributed by atoms with Crippen LogP contribution in [-0.2, 0) is 18.3 Å². The standard InChI is InChI=1S/C49H41N/c1-49(2)46-20-12-11-19-43(46)45-32-44(40-26-25-35-15-9-10-16-39(35)31-40)48(33-47(45)49)50(41-17-7-4-8-18-41)42-29-27-38(28-30-42)37-23-21-36(22-24-37)34-13-5-3-6-14-34/h3-8,11-14,17-33H,9-10,15-16H2,1-2H3. The second-order valence-corrected chi connectivity index (χ2v) is 14.4. The molecule has 242 valence electrons. The van der Waals surface area contributed by atoms with Crippen molar-refractivity contribution in [3.63, 3.8) is 0 Å². The molecule has 9 rings (SSSR count). The van der Waals surface area contributed by atoms with Crippen molar-refractivity contribution in [2.45, 2.75) is 44.9 Å². The minimum Gasteiger partial charge on any atom is -0.310 e. The Kier molecular flexibility index (Phi) is 7.50. The highest BCUT2D eigenvalue weighted by Gasteiger charge is 2.37. The van der Waals surface area contributed by atoms with Crippen LogP contribution in [0.25, 0.3) is 44.5 Å². The van der Waals surface area contributed by atoms with Crippen LogP contribution in [0.5, 0.6) is 0 Å². The van der Waals surface area contributed by atoms with E-state index in [2.05, 4.69) is 183 Å². The lowest BCUT2D eigenvalue weighted by atomic mass is 9.81. The molecule has 0 bridgehead atoms. The Labute approximate surface area is 296 Å². The Bertz CT molecular complexity index is 2310. The summed E-state index contributed by atoms with van der Waals surface area (Å²) < 4.78 is 0. The van der Waals surface area contributed by atoms with E-state index in [0.717, 1.165) is 17.8 Å². The number of hydrogen-bond acceptors (Lipinski definition) is 1. The lowest BCUT2D eigenvalue weighted by molar-refractivity contribution is 0.660. The Hall–Kier alpha value is -5.66. The van der Waals surface area contributed by atoms with E-state index in [1.807, 2.05) is 0 Å². The molecule has 0 N–H and O–H groups in total. The average molecular weight is 644 g/mol. The molecule has 2 aliphatic carbocycles. The Morgan fingerprint density at radius 1 is 0.400 bits per heavy atom. The van der Waals surface area contributed by atoms with Gasteiger partial charge in [-0.3, -0.25) is 0 Å². The van der Waals surface area contributed by atoms with E-state index < -0.39 is 0 Å². The summed E-state index contributed by atoms with van der Waals surface area (Å²) in [6.45, 7) is 4.76. The van der Waals surface area contributed by atoms with E-state index in [4.69, 9.17) is 0 Å². The first-order valence-electron chi connectivity index (χ1n) is 18.1. The first-order valence-corrected chi connectivity index (χ1v) is 18.1. The highest BCUT2D eigenvalue weighted by Crippen LogP contribution is 2.53. The van der Waals surface area contributed by atoms with Gasteiger partial charge in [-0.2, -0.15) is 0 Å². The molecule has 2 aliphatic rings. The van der Waals surface area contributed by atoms with E-state index in [9.17, 15) is 0 Å². The predicted molar refractivity (Wildman–Crippen MR) is 212 cm³/mol. The van der Waals surface area contributed by atoms with E-state index in [0.29, 0.717) is 0 Å². The van der Waals surface area contributed by atoms with Crippen LogP contribution in [0.15, 0.2) is 164 Å². The highest BCUT2D eigenvalue weighted by atomic mass is 15.1. The van der Waals surface area contributed by atoms with Crippen molar-refractivity contribution >= 4 is 17.1 Å². The second kappa shape index (κ2) is 12.3. The van der Waals surface area contributed by atoms with Crippen molar-refractivity contribution in [3.8, 4) is 44.5 Å². The zero-order valence-corrected chi connectivity index (χ0v) is 28.9. The minimum absolute atomic E-state index is 0.104. The van der Waals surface area contributed by atoms with Crippen LogP contribution in [0.3, 0.4) is 0 Å². The third kappa shape index (κ3) is 5.26. The molecule has 0 radical (unpaired) electrons. The third-order valence-corrected chi connectivity index (χ3v) is 11.1. The molecule has 0 unspecified atom stereocenters. The number of rotatable bonds is 6. The monoisotopic (exact) mass is 643 g/mol. The lowest BCUT2D eigenvalue weighted by Crippen LogP contribution is -2.17. The fourth-order valence-corrected chi connectivity index (χ4v) is 8.35. The van der Waals surface area contributed by atoms with E-state index in [1.165, 1.54) is 91.7 Å². The number of anilines is 3. The molecule has 7 aromatic carbocycles. The SMILES string of the molecule is CC1(C)c2ccccc2-c2cc(-c3ccc4c(c3)CCCC4)c(N(c3ccccc3)c3ccc(-c4ccc(-c5ccccc5)cc4)cc3)cc21. The van der Waals surface area contributed by atoms with Crippen LogP contribution in [0, 0.1) is 0 Å². The molecule has 0 amide bonds. The molecular formula is C49H41N. The number of fused-ring (bicyclic) bond motifs is 4. The predicted octanol–water partition coefficient (Wildman–Crippen LogP) is 13.3. The molecule has 0 saturated heterocycles. The molecular weight excluding hydrogens is 603 g/mol. The largest absolute Gasteiger partial charge is 0.310 e. The van der Waals surface area contributed by atoms with Crippen LogP contribution < -0.4 is 4.90 Å². The molecule has 0 saturated carbocycles. The van der Waals surface area contributed by atoms with Crippen LogP contribution in [0.2, 0.25) is 0 Å². The smallest absolute Gasteiger partial charge is 0.0543 e. The van der Waals surface area contributed by atoms with Gasteiger partial charge in [0.25, 0.3) is 0 Å². The first kappa shape index (κ1) is 30.4. The fraction of sp³-hybridized carbons (Fsp3) is 0.143. The van der Waals surface area contributed by atoms with Gasteiger partial charge in [-0.1, -0.05) is 141 Å². The minimum atomic E-state index is -0.104. The van der Waals surface area contributed by atoms with E-state index in [-0.39, 0.29) is 5.41 Å². The molecule has 0 spiro atoms. The summed E-state index contributed by atoms with van der Waals surface area (Å²) in [6, 6.07) is 60.7. The summed E-state index contributed by atoms with van der Waals surface area (Å²) >= 11 is 0. The summed E-state index contributed by atoms with van der Waals surface area (Å²) in [5.74, 6) is 0. The van der Waals surface area contributed by atoms with Crippen molar-refractivity contribution < 1.29 is 0 Å². The van der Waals surface area contributed by atoms with Crippen molar-refractivity contribution in [2.24, 2.45) is 0 Å². The summed E-state index contributed by atoms with van der Waals surface area (Å²) in [7, 11) is 0. The van der Waals surface area contributed by atoms with Gasteiger partial charge in [-0.15, -0.1) is 0 Å². The average Bonchev–Trinajstić information content (AvgIpc) is 3.41. The van der Waals surface area contributed by atoms with Crippen molar-refractivity contribution in [2.75, 3.05) is 4.90 Å². The van der Waals surface area contributed by atoms with Gasteiger partial charge in [0.05, 0.1) is 5.69 Å². The molecule has 50 heavy (non-hydrogen) atoms. The molecule has 1 nitrogen and oxygen atoms in total. The summed E-state index contributed by atoms with van der Waals surface area (Å²) in [6.07, 6.45) is 4.91. The van der Waals surface area contributed by atoms with Crippen LogP contribution in [-0.4, -0.2) is 0 Å². The van der Waals surface area contributed by atoms with E-state index in [1.54, 1.807) is 0 Å². The maximum Gasteiger partial charge on any atom is 0.0543 e. The molecule has 0 fully saturated rings. The Balaban J connectivity index is 1.20. The van der Waals surface area contributed by atoms with Crippen LogP contribution in [0.1, 0.15) is 48.9 Å². The van der Waals surface area contributed by atoms with Crippen LogP contribution in [0.4, 0.5) is 17.1 Å². The summed E-state index contributed by atoms with van der Waals surface area (Å²) in [4.78, 5) is 2.47. The zero-order chi connectivity index (χ0) is 33.7. The van der Waals surface area contributed by atoms with Crippen LogP contribution >= 0.6 is 0 Å². The van der Waals surface area contributed by atoms with Gasteiger partial charge in [0.1, 0.15) is 0 Å². The van der Waals surface area contributed by atoms with E-state index >= 15 is 0 Å². The van der Waals surface area contributed by atoms with Gasteiger partial charge in [-0.05, 0) is 123 Å². The van der Waals surface area contributed by atoms with Gasteiger partial charge in [0.2, 0.25) is 0 Å². The molecule has 1 heteroatoms. The normalized spacial score (nSPS) is 14.0. The van der Waals surface area contributed by atoms with Gasteiger partial charge in [-0.25, -0.2) is 0 Å². The number of hydrogen-bond donors (Lipinski definition) is 0. The number of aryl methyl sites for hydroxylation is 2. The maximum absolute atomic E-state index is 2.49. The third-order valence-electron chi connectivity index (χ3n) is 11.1. The van der Waals surface area contributed by atoms with Gasteiger partial charge < -0.3 is 4.90 Å². The van der Waals surface area contributed by atoms with Gasteiger partial charge in [0, 0.05) is 22.4 Å². The fourth-order valence-electron chi connectivity index (χ4n) is 8.35. The number of para-hydroxylation sites is 1. The Morgan fingerprint density at radius 2 is 0.940 bits per heavy atom. The lowest BCUT2D eigenvalue weighted by Gasteiger charge is -2.31. The van der Waals surface area contributed by atoms with Gasteiger partial charge in [0.15, 0.2) is 0 Å². The highest BCUT2D eigenvalue weighted by molar-refractivity contribution is 5.95. The van der Waals surface area contributed by atoms with Crippen molar-refractivity contribution in [1.29, 1.82) is 0 Å². The molecule has 0 aliphatic heterocycles. The zero-order valence-electron chi connectivity index (χ0n) is 28.9. The van der Waals surface area contributed by atoms with Crippen molar-refractivity contribution in [3.05, 3.63) is 186 Å². The maximum atomic E-state index is 2.49. The van der Waals surface area contributed by atoms with Gasteiger partial charge >= 0.3 is 0 Å². The number of nitrogens with zero attached hydrogens (tertiary/aromatic N) is 1. The Morgan fingerprint density at radius 3 is 1.64 bits per heavy atom. The first-order chi connectivity index (χ1) is 24.5. The molecule has 0 atom stereocenters. The summed E-state index contributed by atoms with van der Waals surface area (Å²) in [5, 5.41) is 0. The quantitative estimate of drug-likeness (QED) is 0.174. The molecule has 7 aromatic rings. The topological polar surface area (TPSA) is 3.24 Å². The van der Waals surface area contributed by atoms with Crippen molar-refractivity contribution in [1.82, 2.24) is 0 Å². The second-order valence-electron chi connectivity index (χ2n) is 14.4. The summed E-state index contributed by atoms with van der Waals surface area (Å²) in [5.41, 5.74) is 19.4.